The van der Waals surface area contributed by atoms with Crippen LogP contribution in [0.15, 0.2) is 156 Å². The molecule has 0 saturated heterocycles. The summed E-state index contributed by atoms with van der Waals surface area (Å²) in [5.74, 6) is 0. The Hall–Kier alpha value is -5.86. The number of anilines is 3. The highest BCUT2D eigenvalue weighted by atomic mass is 16.3. The monoisotopic (exact) mass is 643 g/mol. The number of rotatable bonds is 4. The number of benzene rings is 7. The SMILES string of the molecule is CC1(C)c2ccccc2-c2cc3c(cc21)-c1ccc(-c2cccc(N(c4ccccc4)c4ccc5c(c4)oc4ccccc45)c2)cc1C3(C)C. The summed E-state index contributed by atoms with van der Waals surface area (Å²) in [5.41, 5.74) is 18.5. The Labute approximate surface area is 293 Å². The lowest BCUT2D eigenvalue weighted by molar-refractivity contribution is 0.652. The second kappa shape index (κ2) is 10.3. The second-order valence-electron chi connectivity index (χ2n) is 15.0. The van der Waals surface area contributed by atoms with Gasteiger partial charge in [-0.25, -0.2) is 0 Å². The first-order valence-corrected chi connectivity index (χ1v) is 17.6. The third-order valence-electron chi connectivity index (χ3n) is 11.5. The average Bonchev–Trinajstić information content (AvgIpc) is 3.71. The van der Waals surface area contributed by atoms with Crippen LogP contribution in [0.1, 0.15) is 49.9 Å². The van der Waals surface area contributed by atoms with E-state index in [0.29, 0.717) is 0 Å². The summed E-state index contributed by atoms with van der Waals surface area (Å²) in [7, 11) is 0. The van der Waals surface area contributed by atoms with Crippen LogP contribution in [-0.2, 0) is 10.8 Å². The van der Waals surface area contributed by atoms with E-state index in [1.165, 1.54) is 55.6 Å². The third-order valence-corrected chi connectivity index (χ3v) is 11.5. The minimum absolute atomic E-state index is 0.0200. The molecule has 2 nitrogen and oxygen atoms in total. The van der Waals surface area contributed by atoms with Crippen molar-refractivity contribution in [3.63, 3.8) is 0 Å². The number of nitrogens with zero attached hydrogens (tertiary/aromatic N) is 1. The lowest BCUT2D eigenvalue weighted by Gasteiger charge is -2.26. The van der Waals surface area contributed by atoms with Gasteiger partial charge in [0.1, 0.15) is 11.2 Å². The summed E-state index contributed by atoms with van der Waals surface area (Å²) in [6.07, 6.45) is 0. The van der Waals surface area contributed by atoms with Gasteiger partial charge < -0.3 is 9.32 Å². The third kappa shape index (κ3) is 4.08. The largest absolute Gasteiger partial charge is 0.456 e. The summed E-state index contributed by atoms with van der Waals surface area (Å²) < 4.78 is 6.32. The maximum absolute atomic E-state index is 6.32. The summed E-state index contributed by atoms with van der Waals surface area (Å²) in [6, 6.07) is 55.4. The molecular weight excluding hydrogens is 607 g/mol. The van der Waals surface area contributed by atoms with Crippen LogP contribution >= 0.6 is 0 Å². The van der Waals surface area contributed by atoms with Crippen molar-refractivity contribution in [2.45, 2.75) is 38.5 Å². The van der Waals surface area contributed by atoms with Gasteiger partial charge >= 0.3 is 0 Å². The van der Waals surface area contributed by atoms with Gasteiger partial charge in [-0.15, -0.1) is 0 Å². The van der Waals surface area contributed by atoms with Crippen LogP contribution in [0.3, 0.4) is 0 Å². The van der Waals surface area contributed by atoms with Crippen LogP contribution in [0.25, 0.3) is 55.3 Å². The molecule has 0 atom stereocenters. The molecule has 7 aromatic carbocycles. The van der Waals surface area contributed by atoms with Crippen molar-refractivity contribution in [2.75, 3.05) is 4.90 Å². The predicted octanol–water partition coefficient (Wildman–Crippen LogP) is 13.3. The van der Waals surface area contributed by atoms with Crippen LogP contribution in [0.2, 0.25) is 0 Å². The van der Waals surface area contributed by atoms with E-state index in [2.05, 4.69) is 172 Å². The van der Waals surface area contributed by atoms with Gasteiger partial charge in [0.2, 0.25) is 0 Å². The Morgan fingerprint density at radius 1 is 0.380 bits per heavy atom. The molecule has 0 radical (unpaired) electrons. The molecule has 50 heavy (non-hydrogen) atoms. The molecule has 0 amide bonds. The van der Waals surface area contributed by atoms with Gasteiger partial charge in [-0.05, 0) is 116 Å². The van der Waals surface area contributed by atoms with Crippen LogP contribution in [-0.4, -0.2) is 0 Å². The molecule has 10 rings (SSSR count). The molecule has 8 aromatic rings. The van der Waals surface area contributed by atoms with Crippen LogP contribution in [0.5, 0.6) is 0 Å². The van der Waals surface area contributed by atoms with E-state index < -0.39 is 0 Å². The molecule has 0 spiro atoms. The summed E-state index contributed by atoms with van der Waals surface area (Å²) in [6.45, 7) is 9.52. The Balaban J connectivity index is 1.07. The van der Waals surface area contributed by atoms with Gasteiger partial charge in [0.25, 0.3) is 0 Å². The zero-order chi connectivity index (χ0) is 33.8. The second-order valence-corrected chi connectivity index (χ2v) is 15.0. The van der Waals surface area contributed by atoms with Gasteiger partial charge in [0, 0.05) is 44.7 Å². The number of hydrogen-bond acceptors (Lipinski definition) is 2. The first-order valence-electron chi connectivity index (χ1n) is 17.6. The van der Waals surface area contributed by atoms with Gasteiger partial charge in [-0.3, -0.25) is 0 Å². The van der Waals surface area contributed by atoms with Gasteiger partial charge in [0.15, 0.2) is 0 Å². The molecule has 0 saturated carbocycles. The van der Waals surface area contributed by atoms with E-state index in [4.69, 9.17) is 4.42 Å². The fraction of sp³-hybridized carbons (Fsp3) is 0.125. The molecule has 0 unspecified atom stereocenters. The standard InChI is InChI=1S/C48H37NO/c1-47(2)41-19-10-8-17-35(41)39-28-44-40(29-43(39)47)36-23-21-31(26-42(36)48(44,3)4)30-13-12-16-33(25-30)49(32-14-6-5-7-15-32)34-22-24-38-37-18-9-11-20-45(37)50-46(38)27-34/h5-29H,1-4H3. The van der Waals surface area contributed by atoms with Gasteiger partial charge in [-0.1, -0.05) is 113 Å². The Kier molecular flexibility index (Phi) is 6.01. The highest BCUT2D eigenvalue weighted by molar-refractivity contribution is 6.06. The summed E-state index contributed by atoms with van der Waals surface area (Å²) >= 11 is 0. The Morgan fingerprint density at radius 2 is 0.980 bits per heavy atom. The number of furan rings is 1. The Bertz CT molecular complexity index is 2660. The molecule has 240 valence electrons. The van der Waals surface area contributed by atoms with Crippen LogP contribution in [0, 0.1) is 0 Å². The normalized spacial score (nSPS) is 14.7. The molecule has 2 heteroatoms. The molecule has 0 bridgehead atoms. The van der Waals surface area contributed by atoms with Crippen molar-refractivity contribution in [1.29, 1.82) is 0 Å². The number of hydrogen-bond donors (Lipinski definition) is 0. The highest BCUT2D eigenvalue weighted by Gasteiger charge is 2.41. The van der Waals surface area contributed by atoms with Crippen molar-refractivity contribution in [3.8, 4) is 33.4 Å². The van der Waals surface area contributed by atoms with Gasteiger partial charge in [-0.2, -0.15) is 0 Å². The van der Waals surface area contributed by atoms with E-state index in [0.717, 1.165) is 39.0 Å². The van der Waals surface area contributed by atoms with E-state index >= 15 is 0 Å². The maximum Gasteiger partial charge on any atom is 0.137 e. The zero-order valence-corrected chi connectivity index (χ0v) is 28.8. The zero-order valence-electron chi connectivity index (χ0n) is 28.8. The fourth-order valence-corrected chi connectivity index (χ4v) is 8.81. The van der Waals surface area contributed by atoms with E-state index in [9.17, 15) is 0 Å². The molecule has 2 aliphatic rings. The van der Waals surface area contributed by atoms with Crippen LogP contribution < -0.4 is 4.90 Å². The highest BCUT2D eigenvalue weighted by Crippen LogP contribution is 2.56. The Morgan fingerprint density at radius 3 is 1.80 bits per heavy atom. The van der Waals surface area contributed by atoms with Crippen LogP contribution in [0.4, 0.5) is 17.1 Å². The topological polar surface area (TPSA) is 16.4 Å². The van der Waals surface area contributed by atoms with Crippen molar-refractivity contribution in [3.05, 3.63) is 174 Å². The number of para-hydroxylation sites is 2. The predicted molar refractivity (Wildman–Crippen MR) is 209 cm³/mol. The quantitative estimate of drug-likeness (QED) is 0.190. The van der Waals surface area contributed by atoms with E-state index in [1.807, 2.05) is 12.1 Å². The van der Waals surface area contributed by atoms with Crippen molar-refractivity contribution in [1.82, 2.24) is 0 Å². The lowest BCUT2D eigenvalue weighted by atomic mass is 9.79. The van der Waals surface area contributed by atoms with Gasteiger partial charge in [0.05, 0.1) is 0 Å². The minimum Gasteiger partial charge on any atom is -0.456 e. The molecule has 0 fully saturated rings. The van der Waals surface area contributed by atoms with Crippen molar-refractivity contribution < 1.29 is 4.42 Å². The molecule has 2 aliphatic carbocycles. The fourth-order valence-electron chi connectivity index (χ4n) is 8.81. The molecule has 0 aliphatic heterocycles. The lowest BCUT2D eigenvalue weighted by Crippen LogP contribution is -2.17. The van der Waals surface area contributed by atoms with E-state index in [-0.39, 0.29) is 10.8 Å². The minimum atomic E-state index is -0.118. The smallest absolute Gasteiger partial charge is 0.137 e. The van der Waals surface area contributed by atoms with E-state index in [1.54, 1.807) is 0 Å². The summed E-state index contributed by atoms with van der Waals surface area (Å²) in [5, 5.41) is 2.27. The molecule has 0 N–H and O–H groups in total. The van der Waals surface area contributed by atoms with Crippen molar-refractivity contribution >= 4 is 39.0 Å². The first-order chi connectivity index (χ1) is 24.3. The molecule has 1 aromatic heterocycles. The molecule has 1 heterocycles. The maximum atomic E-state index is 6.32. The molecular formula is C48H37NO. The first kappa shape index (κ1) is 29.1. The summed E-state index contributed by atoms with van der Waals surface area (Å²) in [4.78, 5) is 2.32. The van der Waals surface area contributed by atoms with Crippen molar-refractivity contribution in [2.24, 2.45) is 0 Å². The number of fused-ring (bicyclic) bond motifs is 9. The average molecular weight is 644 g/mol.